The van der Waals surface area contributed by atoms with Crippen molar-refractivity contribution < 1.29 is 28.5 Å². The van der Waals surface area contributed by atoms with E-state index in [1.54, 1.807) is 17.0 Å². The van der Waals surface area contributed by atoms with Crippen molar-refractivity contribution in [2.24, 2.45) is 5.92 Å². The van der Waals surface area contributed by atoms with E-state index < -0.39 is 5.92 Å². The summed E-state index contributed by atoms with van der Waals surface area (Å²) >= 11 is 1.36. The van der Waals surface area contributed by atoms with Crippen LogP contribution in [-0.4, -0.2) is 49.8 Å². The number of anilines is 2. The molecule has 0 saturated carbocycles. The Balaban J connectivity index is 1.17. The summed E-state index contributed by atoms with van der Waals surface area (Å²) in [6, 6.07) is 9.08. The number of hydrogen-bond donors (Lipinski definition) is 1. The Hall–Kier alpha value is -3.53. The molecule has 1 unspecified atom stereocenters. The molecule has 4 heterocycles. The van der Waals surface area contributed by atoms with Crippen molar-refractivity contribution in [3.8, 4) is 23.0 Å². The monoisotopic (exact) mass is 453 g/mol. The van der Waals surface area contributed by atoms with Crippen molar-refractivity contribution in [1.29, 1.82) is 0 Å². The highest BCUT2D eigenvalue weighted by atomic mass is 32.1. The molecule has 0 spiro atoms. The van der Waals surface area contributed by atoms with Gasteiger partial charge in [0.05, 0.1) is 16.1 Å². The number of rotatable bonds is 3. The van der Waals surface area contributed by atoms with Crippen molar-refractivity contribution >= 4 is 44.2 Å². The Morgan fingerprint density at radius 2 is 1.66 bits per heavy atom. The molecule has 164 valence electrons. The molecule has 1 fully saturated rings. The number of nitrogens with zero attached hydrogens (tertiary/aromatic N) is 2. The molecule has 3 aromatic rings. The van der Waals surface area contributed by atoms with Gasteiger partial charge < -0.3 is 29.2 Å². The van der Waals surface area contributed by atoms with Crippen molar-refractivity contribution in [3.63, 3.8) is 0 Å². The highest BCUT2D eigenvalue weighted by molar-refractivity contribution is 7.22. The third kappa shape index (κ3) is 3.36. The van der Waals surface area contributed by atoms with Crippen LogP contribution in [0.2, 0.25) is 0 Å². The fourth-order valence-corrected chi connectivity index (χ4v) is 4.94. The van der Waals surface area contributed by atoms with Gasteiger partial charge in [0.15, 0.2) is 28.1 Å². The number of fused-ring (bicyclic) bond motifs is 3. The fraction of sp³-hybridized carbons (Fsp3) is 0.318. The van der Waals surface area contributed by atoms with Gasteiger partial charge in [-0.3, -0.25) is 9.59 Å². The van der Waals surface area contributed by atoms with Crippen molar-refractivity contribution in [2.45, 2.75) is 6.42 Å². The Morgan fingerprint density at radius 3 is 2.44 bits per heavy atom. The van der Waals surface area contributed by atoms with E-state index in [9.17, 15) is 9.59 Å². The van der Waals surface area contributed by atoms with Crippen LogP contribution in [-0.2, 0) is 9.59 Å². The average molecular weight is 453 g/mol. The van der Waals surface area contributed by atoms with E-state index >= 15 is 0 Å². The molecule has 6 rings (SSSR count). The van der Waals surface area contributed by atoms with Gasteiger partial charge in [0.25, 0.3) is 0 Å². The quantitative estimate of drug-likeness (QED) is 0.651. The molecule has 0 bridgehead atoms. The van der Waals surface area contributed by atoms with Gasteiger partial charge in [0, 0.05) is 36.9 Å². The lowest BCUT2D eigenvalue weighted by atomic mass is 10.1. The van der Waals surface area contributed by atoms with Crippen LogP contribution in [0.1, 0.15) is 6.42 Å². The SMILES string of the molecule is O=C(Nc1nc2cc3c(cc2s1)OCCO3)C1CC(=O)N(c2ccc3c(c2)OCCO3)C1. The Bertz CT molecular complexity index is 1200. The van der Waals surface area contributed by atoms with E-state index in [-0.39, 0.29) is 18.2 Å². The first-order chi connectivity index (χ1) is 15.6. The lowest BCUT2D eigenvalue weighted by Crippen LogP contribution is -2.28. The van der Waals surface area contributed by atoms with Gasteiger partial charge in [-0.25, -0.2) is 4.98 Å². The number of ether oxygens (including phenoxy) is 4. The van der Waals surface area contributed by atoms with E-state index in [0.29, 0.717) is 66.8 Å². The molecule has 3 aliphatic heterocycles. The Kier molecular flexibility index (Phi) is 4.53. The zero-order chi connectivity index (χ0) is 21.7. The first-order valence-electron chi connectivity index (χ1n) is 10.3. The predicted octanol–water partition coefficient (Wildman–Crippen LogP) is 2.83. The third-order valence-corrected chi connectivity index (χ3v) is 6.55. The summed E-state index contributed by atoms with van der Waals surface area (Å²) in [5, 5.41) is 3.35. The minimum Gasteiger partial charge on any atom is -0.486 e. The van der Waals surface area contributed by atoms with Crippen LogP contribution < -0.4 is 29.2 Å². The zero-order valence-corrected chi connectivity index (χ0v) is 17.8. The van der Waals surface area contributed by atoms with Crippen LogP contribution in [0.25, 0.3) is 10.2 Å². The Morgan fingerprint density at radius 1 is 0.969 bits per heavy atom. The molecule has 1 saturated heterocycles. The van der Waals surface area contributed by atoms with Crippen LogP contribution in [0.4, 0.5) is 10.8 Å². The fourth-order valence-electron chi connectivity index (χ4n) is 4.06. The van der Waals surface area contributed by atoms with Gasteiger partial charge in [0.2, 0.25) is 11.8 Å². The smallest absolute Gasteiger partial charge is 0.231 e. The van der Waals surface area contributed by atoms with Crippen LogP contribution in [0.15, 0.2) is 30.3 Å². The first-order valence-corrected chi connectivity index (χ1v) is 11.2. The number of aromatic nitrogens is 1. The number of nitrogens with one attached hydrogen (secondary N) is 1. The van der Waals surface area contributed by atoms with Gasteiger partial charge in [0.1, 0.15) is 26.4 Å². The largest absolute Gasteiger partial charge is 0.486 e. The molecular formula is C22H19N3O6S. The number of carbonyl (C=O) groups excluding carboxylic acids is 2. The molecule has 0 radical (unpaired) electrons. The van der Waals surface area contributed by atoms with Crippen LogP contribution in [0.3, 0.4) is 0 Å². The Labute approximate surface area is 186 Å². The zero-order valence-electron chi connectivity index (χ0n) is 17.0. The lowest BCUT2D eigenvalue weighted by Gasteiger charge is -2.22. The van der Waals surface area contributed by atoms with Crippen molar-refractivity contribution in [2.75, 3.05) is 43.2 Å². The molecular weight excluding hydrogens is 434 g/mol. The van der Waals surface area contributed by atoms with E-state index in [1.807, 2.05) is 18.2 Å². The van der Waals surface area contributed by atoms with E-state index in [4.69, 9.17) is 18.9 Å². The summed E-state index contributed by atoms with van der Waals surface area (Å²) in [6.45, 7) is 2.29. The topological polar surface area (TPSA) is 99.2 Å². The number of carbonyl (C=O) groups is 2. The second kappa shape index (κ2) is 7.56. The van der Waals surface area contributed by atoms with Gasteiger partial charge in [-0.1, -0.05) is 11.3 Å². The van der Waals surface area contributed by atoms with Gasteiger partial charge in [-0.15, -0.1) is 0 Å². The summed E-state index contributed by atoms with van der Waals surface area (Å²) in [4.78, 5) is 31.6. The molecule has 0 aliphatic carbocycles. The average Bonchev–Trinajstić information content (AvgIpc) is 3.39. The first kappa shape index (κ1) is 19.2. The molecule has 1 N–H and O–H groups in total. The lowest BCUT2D eigenvalue weighted by molar-refractivity contribution is -0.122. The molecule has 2 aromatic carbocycles. The summed E-state index contributed by atoms with van der Waals surface area (Å²) in [5.74, 6) is 1.81. The van der Waals surface area contributed by atoms with Crippen molar-refractivity contribution in [1.82, 2.24) is 4.98 Å². The molecule has 1 aromatic heterocycles. The highest BCUT2D eigenvalue weighted by Gasteiger charge is 2.36. The second-order valence-electron chi connectivity index (χ2n) is 7.71. The number of benzene rings is 2. The minimum absolute atomic E-state index is 0.104. The summed E-state index contributed by atoms with van der Waals surface area (Å²) in [7, 11) is 0. The summed E-state index contributed by atoms with van der Waals surface area (Å²) in [6.07, 6.45) is 0.140. The van der Waals surface area contributed by atoms with E-state index in [0.717, 1.165) is 10.2 Å². The molecule has 2 amide bonds. The summed E-state index contributed by atoms with van der Waals surface area (Å²) < 4.78 is 23.2. The van der Waals surface area contributed by atoms with Gasteiger partial charge in [-0.05, 0) is 12.1 Å². The van der Waals surface area contributed by atoms with Gasteiger partial charge >= 0.3 is 0 Å². The van der Waals surface area contributed by atoms with E-state index in [2.05, 4.69) is 10.3 Å². The third-order valence-electron chi connectivity index (χ3n) is 5.62. The predicted molar refractivity (Wildman–Crippen MR) is 117 cm³/mol. The van der Waals surface area contributed by atoms with Gasteiger partial charge in [-0.2, -0.15) is 0 Å². The van der Waals surface area contributed by atoms with Crippen LogP contribution in [0, 0.1) is 5.92 Å². The summed E-state index contributed by atoms with van der Waals surface area (Å²) in [5.41, 5.74) is 1.43. The van der Waals surface area contributed by atoms with Crippen LogP contribution in [0.5, 0.6) is 23.0 Å². The molecule has 9 nitrogen and oxygen atoms in total. The standard InChI is InChI=1S/C22H19N3O6S/c26-20-7-12(11-25(20)13-1-2-15-16(8-13)29-4-3-28-15)21(27)24-22-23-14-9-17-18(10-19(14)32-22)31-6-5-30-17/h1-2,8-10,12H,3-7,11H2,(H,23,24,27). The maximum absolute atomic E-state index is 12.9. The molecule has 3 aliphatic rings. The number of hydrogen-bond acceptors (Lipinski definition) is 8. The second-order valence-corrected chi connectivity index (χ2v) is 8.74. The van der Waals surface area contributed by atoms with E-state index in [1.165, 1.54) is 11.3 Å². The molecule has 10 heteroatoms. The van der Waals surface area contributed by atoms with Crippen molar-refractivity contribution in [3.05, 3.63) is 30.3 Å². The minimum atomic E-state index is -0.470. The maximum Gasteiger partial charge on any atom is 0.231 e. The maximum atomic E-state index is 12.9. The highest BCUT2D eigenvalue weighted by Crippen LogP contribution is 2.39. The number of amides is 2. The molecule has 1 atom stereocenters. The number of thiazole rings is 1. The molecule has 32 heavy (non-hydrogen) atoms. The van der Waals surface area contributed by atoms with Crippen LogP contribution >= 0.6 is 11.3 Å². The normalized spacial score (nSPS) is 19.3.